The van der Waals surface area contributed by atoms with Gasteiger partial charge in [0, 0.05) is 36.8 Å². The molecule has 4 nitrogen and oxygen atoms in total. The number of benzene rings is 1. The molecule has 0 saturated carbocycles. The molecule has 2 N–H and O–H groups in total. The Balaban J connectivity index is 1.78. The number of hydrogen-bond acceptors (Lipinski definition) is 3. The van der Waals surface area contributed by atoms with Gasteiger partial charge in [-0.2, -0.15) is 0 Å². The second-order valence-electron chi connectivity index (χ2n) is 6.19. The van der Waals surface area contributed by atoms with Crippen LogP contribution in [0.2, 0.25) is 0 Å². The van der Waals surface area contributed by atoms with Gasteiger partial charge in [-0.1, -0.05) is 25.1 Å². The Labute approximate surface area is 126 Å². The van der Waals surface area contributed by atoms with Crippen molar-refractivity contribution >= 4 is 11.6 Å². The quantitative estimate of drug-likeness (QED) is 0.897. The number of nitrogens with one attached hydrogen (secondary N) is 1. The van der Waals surface area contributed by atoms with Crippen LogP contribution in [-0.4, -0.2) is 30.1 Å². The first-order valence-electron chi connectivity index (χ1n) is 8.00. The topological polar surface area (TPSA) is 52.6 Å². The molecule has 1 aromatic carbocycles. The summed E-state index contributed by atoms with van der Waals surface area (Å²) in [5.41, 5.74) is 2.18. The zero-order valence-electron chi connectivity index (χ0n) is 12.6. The number of fused-ring (bicyclic) bond motifs is 1. The minimum atomic E-state index is -0.398. The first-order chi connectivity index (χ1) is 10.2. The van der Waals surface area contributed by atoms with Crippen LogP contribution < -0.4 is 10.2 Å². The summed E-state index contributed by atoms with van der Waals surface area (Å²) in [6.07, 6.45) is 2.95. The maximum Gasteiger partial charge on any atom is 0.220 e. The van der Waals surface area contributed by atoms with Crippen LogP contribution in [0.1, 0.15) is 44.3 Å². The van der Waals surface area contributed by atoms with Gasteiger partial charge in [-0.3, -0.25) is 4.79 Å². The first-order valence-corrected chi connectivity index (χ1v) is 8.00. The summed E-state index contributed by atoms with van der Waals surface area (Å²) in [6, 6.07) is 8.50. The van der Waals surface area contributed by atoms with Gasteiger partial charge in [-0.15, -0.1) is 0 Å². The second kappa shape index (κ2) is 6.06. The van der Waals surface area contributed by atoms with Crippen molar-refractivity contribution in [2.45, 2.75) is 44.8 Å². The highest BCUT2D eigenvalue weighted by atomic mass is 16.3. The van der Waals surface area contributed by atoms with Crippen LogP contribution in [0.5, 0.6) is 0 Å². The minimum absolute atomic E-state index is 0.200. The van der Waals surface area contributed by atoms with Gasteiger partial charge in [-0.25, -0.2) is 0 Å². The summed E-state index contributed by atoms with van der Waals surface area (Å²) in [5.74, 6) is 0.731. The number of anilines is 1. The molecule has 0 aromatic heterocycles. The molecule has 3 rings (SSSR count). The van der Waals surface area contributed by atoms with E-state index in [-0.39, 0.29) is 5.91 Å². The number of rotatable bonds is 3. The fourth-order valence-electron chi connectivity index (χ4n) is 3.61. The highest BCUT2D eigenvalue weighted by Gasteiger charge is 2.34. The summed E-state index contributed by atoms with van der Waals surface area (Å²) in [6.45, 7) is 3.91. The molecule has 0 aliphatic carbocycles. The molecule has 2 heterocycles. The van der Waals surface area contributed by atoms with Crippen LogP contribution in [-0.2, 0) is 4.79 Å². The largest absolute Gasteiger partial charge is 0.388 e. The number of piperidine rings is 2. The fraction of sp³-hybridized carbons (Fsp3) is 0.588. The summed E-state index contributed by atoms with van der Waals surface area (Å²) >= 11 is 0. The molecule has 1 amide bonds. The van der Waals surface area contributed by atoms with Gasteiger partial charge in [-0.05, 0) is 31.2 Å². The first kappa shape index (κ1) is 14.4. The Hall–Kier alpha value is -1.55. The molecule has 114 valence electrons. The lowest BCUT2D eigenvalue weighted by Gasteiger charge is -2.43. The van der Waals surface area contributed by atoms with E-state index in [9.17, 15) is 9.90 Å². The number of aliphatic hydroxyl groups excluding tert-OH is 1. The molecule has 0 bridgehead atoms. The van der Waals surface area contributed by atoms with Crippen molar-refractivity contribution < 1.29 is 9.90 Å². The minimum Gasteiger partial charge on any atom is -0.388 e. The Morgan fingerprint density at radius 1 is 1.38 bits per heavy atom. The molecule has 2 aliphatic heterocycles. The van der Waals surface area contributed by atoms with Crippen LogP contribution in [0.15, 0.2) is 24.3 Å². The van der Waals surface area contributed by atoms with Crippen LogP contribution in [0.3, 0.4) is 0 Å². The van der Waals surface area contributed by atoms with Crippen molar-refractivity contribution in [3.05, 3.63) is 29.8 Å². The third-order valence-corrected chi connectivity index (χ3v) is 4.85. The molecule has 21 heavy (non-hydrogen) atoms. The van der Waals surface area contributed by atoms with E-state index in [0.29, 0.717) is 18.4 Å². The highest BCUT2D eigenvalue weighted by Crippen LogP contribution is 2.33. The lowest BCUT2D eigenvalue weighted by atomic mass is 9.84. The van der Waals surface area contributed by atoms with Crippen LogP contribution in [0.25, 0.3) is 0 Å². The normalized spacial score (nSPS) is 27.0. The summed E-state index contributed by atoms with van der Waals surface area (Å²) in [7, 11) is 0. The molecule has 0 radical (unpaired) electrons. The number of amides is 1. The smallest absolute Gasteiger partial charge is 0.220 e. The van der Waals surface area contributed by atoms with Crippen molar-refractivity contribution in [2.75, 3.05) is 18.0 Å². The number of aliphatic hydroxyl groups is 1. The van der Waals surface area contributed by atoms with E-state index in [1.54, 1.807) is 0 Å². The molecule has 0 spiro atoms. The molecule has 2 fully saturated rings. The number of nitrogens with zero attached hydrogens (tertiary/aromatic N) is 1. The standard InChI is InChI=1S/C17H24N2O2/c1-2-16(20)13-5-3-4-6-15(13)19-10-9-14-12(11-19)7-8-17(21)18-14/h3-6,12,14,16,20H,2,7-11H2,1H3,(H,18,21)/t12?,14?,16-/m1/s1. The predicted octanol–water partition coefficient (Wildman–Crippen LogP) is 2.23. The van der Waals surface area contributed by atoms with Crippen LogP contribution in [0.4, 0.5) is 5.69 Å². The fourth-order valence-corrected chi connectivity index (χ4v) is 3.61. The number of carbonyl (C=O) groups is 1. The van der Waals surface area contributed by atoms with Gasteiger partial charge in [0.05, 0.1) is 6.10 Å². The molecule has 1 aromatic rings. The van der Waals surface area contributed by atoms with E-state index < -0.39 is 6.10 Å². The maximum atomic E-state index is 11.5. The predicted molar refractivity (Wildman–Crippen MR) is 83.2 cm³/mol. The maximum absolute atomic E-state index is 11.5. The molecular formula is C17H24N2O2. The third kappa shape index (κ3) is 2.91. The van der Waals surface area contributed by atoms with E-state index in [2.05, 4.69) is 16.3 Å². The SMILES string of the molecule is CC[C@@H](O)c1ccccc1N1CCC2NC(=O)CCC2C1. The van der Waals surface area contributed by atoms with Crippen molar-refractivity contribution in [3.8, 4) is 0 Å². The van der Waals surface area contributed by atoms with E-state index in [1.165, 1.54) is 0 Å². The van der Waals surface area contributed by atoms with Crippen molar-refractivity contribution in [1.29, 1.82) is 0 Å². The zero-order valence-corrected chi connectivity index (χ0v) is 12.6. The average Bonchev–Trinajstić information content (AvgIpc) is 2.53. The lowest BCUT2D eigenvalue weighted by Crippen LogP contribution is -2.54. The monoisotopic (exact) mass is 288 g/mol. The number of carbonyl (C=O) groups excluding carboxylic acids is 1. The van der Waals surface area contributed by atoms with Crippen molar-refractivity contribution in [3.63, 3.8) is 0 Å². The molecule has 2 aliphatic rings. The van der Waals surface area contributed by atoms with E-state index in [4.69, 9.17) is 0 Å². The third-order valence-electron chi connectivity index (χ3n) is 4.85. The summed E-state index contributed by atoms with van der Waals surface area (Å²) in [5, 5.41) is 13.3. The Morgan fingerprint density at radius 2 is 2.19 bits per heavy atom. The molecular weight excluding hydrogens is 264 g/mol. The lowest BCUT2D eigenvalue weighted by molar-refractivity contribution is -0.124. The van der Waals surface area contributed by atoms with Crippen LogP contribution >= 0.6 is 0 Å². The Kier molecular flexibility index (Phi) is 4.15. The van der Waals surface area contributed by atoms with Gasteiger partial charge in [0.25, 0.3) is 0 Å². The van der Waals surface area contributed by atoms with Crippen LogP contribution in [0, 0.1) is 5.92 Å². The van der Waals surface area contributed by atoms with Gasteiger partial charge in [0.1, 0.15) is 0 Å². The van der Waals surface area contributed by atoms with Gasteiger partial charge in [0.2, 0.25) is 5.91 Å². The molecule has 2 unspecified atom stereocenters. The van der Waals surface area contributed by atoms with E-state index in [1.807, 2.05) is 25.1 Å². The van der Waals surface area contributed by atoms with Gasteiger partial charge >= 0.3 is 0 Å². The summed E-state index contributed by atoms with van der Waals surface area (Å²) < 4.78 is 0. The average molecular weight is 288 g/mol. The van der Waals surface area contributed by atoms with Gasteiger partial charge < -0.3 is 15.3 Å². The second-order valence-corrected chi connectivity index (χ2v) is 6.19. The Morgan fingerprint density at radius 3 is 3.00 bits per heavy atom. The summed E-state index contributed by atoms with van der Waals surface area (Å²) in [4.78, 5) is 13.9. The number of para-hydroxylation sites is 1. The Bertz CT molecular complexity index is 517. The van der Waals surface area contributed by atoms with E-state index in [0.717, 1.165) is 43.6 Å². The molecule has 4 heteroatoms. The van der Waals surface area contributed by atoms with Crippen molar-refractivity contribution in [1.82, 2.24) is 5.32 Å². The molecule has 2 saturated heterocycles. The number of hydrogen-bond donors (Lipinski definition) is 2. The van der Waals surface area contributed by atoms with E-state index >= 15 is 0 Å². The highest BCUT2D eigenvalue weighted by molar-refractivity contribution is 5.77. The zero-order chi connectivity index (χ0) is 14.8. The van der Waals surface area contributed by atoms with Gasteiger partial charge in [0.15, 0.2) is 0 Å². The van der Waals surface area contributed by atoms with Crippen molar-refractivity contribution in [2.24, 2.45) is 5.92 Å². The molecule has 3 atom stereocenters.